The smallest absolute Gasteiger partial charge is 0.154 e. The Balaban J connectivity index is 1.76. The maximum absolute atomic E-state index is 5.56. The second-order valence-electron chi connectivity index (χ2n) is 4.19. The van der Waals surface area contributed by atoms with Crippen LogP contribution in [0.4, 0.5) is 0 Å². The molecule has 0 N–H and O–H groups in total. The quantitative estimate of drug-likeness (QED) is 0.809. The molecule has 0 saturated heterocycles. The first-order valence-corrected chi connectivity index (χ1v) is 5.96. The molecule has 0 fully saturated rings. The monoisotopic (exact) mass is 239 g/mol. The summed E-state index contributed by atoms with van der Waals surface area (Å²) in [5.74, 6) is 0. The first kappa shape index (κ1) is 10.9. The van der Waals surface area contributed by atoms with Gasteiger partial charge in [0.15, 0.2) is 6.10 Å². The van der Waals surface area contributed by atoms with Crippen molar-refractivity contribution in [2.75, 3.05) is 0 Å². The summed E-state index contributed by atoms with van der Waals surface area (Å²) in [6.45, 7) is 0. The van der Waals surface area contributed by atoms with Crippen molar-refractivity contribution in [1.82, 2.24) is 9.97 Å². The molecule has 0 bridgehead atoms. The molecule has 0 spiro atoms. The Morgan fingerprint density at radius 1 is 1.06 bits per heavy atom. The Morgan fingerprint density at radius 3 is 2.61 bits per heavy atom. The predicted molar refractivity (Wildman–Crippen MR) is 68.1 cm³/mol. The molecule has 1 aliphatic rings. The zero-order chi connectivity index (χ0) is 12.2. The number of pyridine rings is 2. The Hall–Kier alpha value is -2.23. The molecule has 0 aliphatic carbocycles. The summed E-state index contributed by atoms with van der Waals surface area (Å²) in [6, 6.07) is 7.84. The molecule has 4 heteroatoms. The average molecular weight is 239 g/mol. The zero-order valence-electron chi connectivity index (χ0n) is 9.86. The highest BCUT2D eigenvalue weighted by Crippen LogP contribution is 2.27. The maximum Gasteiger partial charge on any atom is 0.154 e. The van der Waals surface area contributed by atoms with Gasteiger partial charge in [-0.15, -0.1) is 0 Å². The van der Waals surface area contributed by atoms with E-state index in [1.807, 2.05) is 30.5 Å². The fourth-order valence-electron chi connectivity index (χ4n) is 2.03. The molecule has 4 nitrogen and oxygen atoms in total. The third-order valence-electron chi connectivity index (χ3n) is 3.00. The van der Waals surface area contributed by atoms with Crippen molar-refractivity contribution < 1.29 is 4.84 Å². The number of nitrogens with zero attached hydrogens (tertiary/aromatic N) is 3. The molecule has 0 aromatic carbocycles. The van der Waals surface area contributed by atoms with Gasteiger partial charge in [0.1, 0.15) is 0 Å². The van der Waals surface area contributed by atoms with E-state index in [2.05, 4.69) is 15.1 Å². The van der Waals surface area contributed by atoms with Gasteiger partial charge in [-0.25, -0.2) is 0 Å². The standard InChI is InChI=1S/C14H13N3O/c1-2-12(10-16-7-1)14-4-3-13(17-18-14)11-5-8-15-9-6-11/h1-2,5-10,14H,3-4H2. The molecule has 0 saturated carbocycles. The summed E-state index contributed by atoms with van der Waals surface area (Å²) in [6.07, 6.45) is 8.98. The van der Waals surface area contributed by atoms with Gasteiger partial charge in [0.2, 0.25) is 0 Å². The molecule has 1 unspecified atom stereocenters. The largest absolute Gasteiger partial charge is 0.387 e. The van der Waals surface area contributed by atoms with E-state index in [9.17, 15) is 0 Å². The summed E-state index contributed by atoms with van der Waals surface area (Å²) in [7, 11) is 0. The van der Waals surface area contributed by atoms with Crippen LogP contribution in [-0.2, 0) is 4.84 Å². The predicted octanol–water partition coefficient (Wildman–Crippen LogP) is 2.73. The van der Waals surface area contributed by atoms with Crippen LogP contribution in [0.1, 0.15) is 30.1 Å². The molecule has 18 heavy (non-hydrogen) atoms. The number of hydrogen-bond acceptors (Lipinski definition) is 4. The van der Waals surface area contributed by atoms with Crippen LogP contribution in [0.3, 0.4) is 0 Å². The van der Waals surface area contributed by atoms with Gasteiger partial charge in [0.25, 0.3) is 0 Å². The molecule has 3 heterocycles. The number of oxime groups is 1. The van der Waals surface area contributed by atoms with Crippen LogP contribution >= 0.6 is 0 Å². The minimum atomic E-state index is 0.0179. The lowest BCUT2D eigenvalue weighted by atomic mass is 10.0. The molecular weight excluding hydrogens is 226 g/mol. The first-order valence-electron chi connectivity index (χ1n) is 5.96. The van der Waals surface area contributed by atoms with Gasteiger partial charge in [-0.2, -0.15) is 0 Å². The molecule has 1 aliphatic heterocycles. The van der Waals surface area contributed by atoms with Crippen LogP contribution in [0, 0.1) is 0 Å². The third-order valence-corrected chi connectivity index (χ3v) is 3.00. The van der Waals surface area contributed by atoms with Crippen LogP contribution in [-0.4, -0.2) is 15.7 Å². The van der Waals surface area contributed by atoms with Crippen molar-refractivity contribution >= 4 is 5.71 Å². The highest BCUT2D eigenvalue weighted by molar-refractivity contribution is 6.00. The van der Waals surface area contributed by atoms with E-state index in [0.717, 1.165) is 29.7 Å². The Bertz CT molecular complexity index is 539. The molecule has 0 amide bonds. The molecule has 2 aromatic heterocycles. The van der Waals surface area contributed by atoms with E-state index in [0.29, 0.717) is 0 Å². The van der Waals surface area contributed by atoms with Crippen molar-refractivity contribution in [3.8, 4) is 0 Å². The first-order chi connectivity index (χ1) is 8.93. The zero-order valence-corrected chi connectivity index (χ0v) is 9.86. The molecule has 0 radical (unpaired) electrons. The van der Waals surface area contributed by atoms with E-state index in [1.165, 1.54) is 0 Å². The van der Waals surface area contributed by atoms with E-state index >= 15 is 0 Å². The van der Waals surface area contributed by atoms with Crippen LogP contribution in [0.25, 0.3) is 0 Å². The lowest BCUT2D eigenvalue weighted by Crippen LogP contribution is -2.13. The van der Waals surface area contributed by atoms with Gasteiger partial charge in [-0.05, 0) is 31.0 Å². The molecular formula is C14H13N3O. The Morgan fingerprint density at radius 2 is 1.94 bits per heavy atom. The molecule has 90 valence electrons. The fraction of sp³-hybridized carbons (Fsp3) is 0.214. The molecule has 3 rings (SSSR count). The van der Waals surface area contributed by atoms with E-state index < -0.39 is 0 Å². The molecule has 2 aromatic rings. The maximum atomic E-state index is 5.56. The van der Waals surface area contributed by atoms with E-state index in [-0.39, 0.29) is 6.10 Å². The lowest BCUT2D eigenvalue weighted by Gasteiger charge is -2.21. The van der Waals surface area contributed by atoms with Gasteiger partial charge in [0, 0.05) is 35.9 Å². The SMILES string of the molecule is c1cncc(C2CCC(c3ccncc3)=NO2)c1. The second-order valence-corrected chi connectivity index (χ2v) is 4.19. The van der Waals surface area contributed by atoms with Crippen molar-refractivity contribution in [3.05, 3.63) is 60.2 Å². The summed E-state index contributed by atoms with van der Waals surface area (Å²) >= 11 is 0. The summed E-state index contributed by atoms with van der Waals surface area (Å²) in [4.78, 5) is 13.7. The van der Waals surface area contributed by atoms with Crippen LogP contribution < -0.4 is 0 Å². The minimum absolute atomic E-state index is 0.0179. The summed E-state index contributed by atoms with van der Waals surface area (Å²) in [5, 5.41) is 4.22. The fourth-order valence-corrected chi connectivity index (χ4v) is 2.03. The van der Waals surface area contributed by atoms with Crippen molar-refractivity contribution in [1.29, 1.82) is 0 Å². The minimum Gasteiger partial charge on any atom is -0.387 e. The summed E-state index contributed by atoms with van der Waals surface area (Å²) in [5.41, 5.74) is 3.14. The van der Waals surface area contributed by atoms with Gasteiger partial charge < -0.3 is 4.84 Å². The highest BCUT2D eigenvalue weighted by atomic mass is 16.6. The third kappa shape index (κ3) is 2.22. The topological polar surface area (TPSA) is 47.4 Å². The van der Waals surface area contributed by atoms with Crippen LogP contribution in [0.15, 0.2) is 54.2 Å². The van der Waals surface area contributed by atoms with Crippen molar-refractivity contribution in [2.45, 2.75) is 18.9 Å². The van der Waals surface area contributed by atoms with Gasteiger partial charge in [0.05, 0.1) is 5.71 Å². The van der Waals surface area contributed by atoms with E-state index in [1.54, 1.807) is 18.6 Å². The van der Waals surface area contributed by atoms with Gasteiger partial charge in [-0.3, -0.25) is 9.97 Å². The van der Waals surface area contributed by atoms with Crippen molar-refractivity contribution in [2.24, 2.45) is 5.16 Å². The second kappa shape index (κ2) is 4.96. The van der Waals surface area contributed by atoms with Gasteiger partial charge in [-0.1, -0.05) is 11.2 Å². The molecule has 1 atom stereocenters. The van der Waals surface area contributed by atoms with Crippen LogP contribution in [0.2, 0.25) is 0 Å². The number of rotatable bonds is 2. The van der Waals surface area contributed by atoms with Gasteiger partial charge >= 0.3 is 0 Å². The average Bonchev–Trinajstić information content (AvgIpc) is 2.49. The Labute approximate surface area is 105 Å². The van der Waals surface area contributed by atoms with E-state index in [4.69, 9.17) is 4.84 Å². The summed E-state index contributed by atoms with van der Waals surface area (Å²) < 4.78 is 0. The highest BCUT2D eigenvalue weighted by Gasteiger charge is 2.20. The van der Waals surface area contributed by atoms with Crippen LogP contribution in [0.5, 0.6) is 0 Å². The number of aromatic nitrogens is 2. The Kier molecular flexibility index (Phi) is 3.00. The number of hydrogen-bond donors (Lipinski definition) is 0. The van der Waals surface area contributed by atoms with Crippen molar-refractivity contribution in [3.63, 3.8) is 0 Å². The normalized spacial score (nSPS) is 18.9. The lowest BCUT2D eigenvalue weighted by molar-refractivity contribution is 0.0429.